The van der Waals surface area contributed by atoms with Crippen LogP contribution in [0, 0.1) is 20.8 Å². The van der Waals surface area contributed by atoms with Gasteiger partial charge >= 0.3 is 0 Å². The number of fused-ring (bicyclic) bond motifs is 1. The highest BCUT2D eigenvalue weighted by Crippen LogP contribution is 2.24. The van der Waals surface area contributed by atoms with Gasteiger partial charge in [-0.15, -0.1) is 0 Å². The molecule has 4 aromatic rings. The number of amides is 1. The average Bonchev–Trinajstić information content (AvgIpc) is 2.74. The number of aromatic nitrogens is 2. The molecule has 162 valence electrons. The number of para-hydroxylation sites is 1. The average molecular weight is 464 g/mol. The maximum Gasteiger partial charge on any atom is 0.266 e. The molecule has 3 aromatic carbocycles. The predicted molar refractivity (Wildman–Crippen MR) is 132 cm³/mol. The number of aryl methyl sites for hydroxylation is 3. The van der Waals surface area contributed by atoms with Crippen molar-refractivity contribution in [3.8, 4) is 5.69 Å². The van der Waals surface area contributed by atoms with Crippen LogP contribution >= 0.6 is 23.4 Å². The molecule has 1 heterocycles. The molecule has 0 aliphatic heterocycles. The van der Waals surface area contributed by atoms with Gasteiger partial charge in [-0.05, 0) is 73.9 Å². The third-order valence-electron chi connectivity index (χ3n) is 5.02. The number of thioether (sulfide) groups is 1. The maximum absolute atomic E-state index is 13.4. The summed E-state index contributed by atoms with van der Waals surface area (Å²) in [5.41, 5.74) is 4.86. The Balaban J connectivity index is 1.70. The lowest BCUT2D eigenvalue weighted by Gasteiger charge is -2.15. The topological polar surface area (TPSA) is 64.0 Å². The summed E-state index contributed by atoms with van der Waals surface area (Å²) >= 11 is 7.28. The van der Waals surface area contributed by atoms with E-state index in [1.165, 1.54) is 11.8 Å². The van der Waals surface area contributed by atoms with Gasteiger partial charge in [0.25, 0.3) is 5.56 Å². The van der Waals surface area contributed by atoms with Gasteiger partial charge < -0.3 is 5.32 Å². The van der Waals surface area contributed by atoms with Crippen molar-refractivity contribution in [1.82, 2.24) is 9.55 Å². The van der Waals surface area contributed by atoms with Crippen LogP contribution in [0.25, 0.3) is 16.6 Å². The van der Waals surface area contributed by atoms with E-state index >= 15 is 0 Å². The number of carbonyl (C=O) groups excluding carboxylic acids is 1. The Morgan fingerprint density at radius 1 is 1.03 bits per heavy atom. The SMILES string of the molecule is Cc1cc(C)cc(-n2c(SCC(=O)Nc3cc(Cl)ccc3C)nc3ccccc3c2=O)c1. The van der Waals surface area contributed by atoms with Crippen molar-refractivity contribution in [3.63, 3.8) is 0 Å². The van der Waals surface area contributed by atoms with E-state index in [1.807, 2.05) is 57.2 Å². The molecule has 0 spiro atoms. The van der Waals surface area contributed by atoms with E-state index < -0.39 is 0 Å². The molecule has 1 amide bonds. The van der Waals surface area contributed by atoms with E-state index in [1.54, 1.807) is 22.8 Å². The Bertz CT molecular complexity index is 1380. The lowest BCUT2D eigenvalue weighted by Crippen LogP contribution is -2.23. The summed E-state index contributed by atoms with van der Waals surface area (Å²) in [5.74, 6) is -0.101. The van der Waals surface area contributed by atoms with E-state index in [4.69, 9.17) is 16.6 Å². The van der Waals surface area contributed by atoms with Gasteiger partial charge in [0.2, 0.25) is 5.91 Å². The third kappa shape index (κ3) is 4.71. The van der Waals surface area contributed by atoms with Crippen molar-refractivity contribution in [3.05, 3.63) is 92.7 Å². The summed E-state index contributed by atoms with van der Waals surface area (Å²) < 4.78 is 1.59. The number of nitrogens with one attached hydrogen (secondary N) is 1. The van der Waals surface area contributed by atoms with Crippen LogP contribution in [0.3, 0.4) is 0 Å². The molecule has 0 atom stereocenters. The van der Waals surface area contributed by atoms with Crippen molar-refractivity contribution in [2.45, 2.75) is 25.9 Å². The number of halogens is 1. The molecule has 1 aromatic heterocycles. The van der Waals surface area contributed by atoms with Gasteiger partial charge in [-0.2, -0.15) is 0 Å². The molecule has 5 nitrogen and oxygen atoms in total. The maximum atomic E-state index is 13.4. The number of hydrogen-bond donors (Lipinski definition) is 1. The summed E-state index contributed by atoms with van der Waals surface area (Å²) in [5, 5.41) is 4.45. The van der Waals surface area contributed by atoms with Gasteiger partial charge in [-0.25, -0.2) is 4.98 Å². The standard InChI is InChI=1S/C25H22ClN3O2S/c1-15-10-16(2)12-19(11-15)29-24(31)20-6-4-5-7-21(20)28-25(29)32-14-23(30)27-22-13-18(26)9-8-17(22)3/h4-13H,14H2,1-3H3,(H,27,30). The van der Waals surface area contributed by atoms with E-state index in [0.29, 0.717) is 26.8 Å². The monoisotopic (exact) mass is 463 g/mol. The predicted octanol–water partition coefficient (Wildman–Crippen LogP) is 5.70. The minimum absolute atomic E-state index is 0.0987. The Labute approximate surface area is 195 Å². The molecular weight excluding hydrogens is 442 g/mol. The molecule has 0 radical (unpaired) electrons. The summed E-state index contributed by atoms with van der Waals surface area (Å²) in [7, 11) is 0. The molecule has 0 saturated carbocycles. The number of nitrogens with zero attached hydrogens (tertiary/aromatic N) is 2. The summed E-state index contributed by atoms with van der Waals surface area (Å²) in [6.45, 7) is 5.88. The first-order chi connectivity index (χ1) is 15.3. The zero-order valence-corrected chi connectivity index (χ0v) is 19.6. The zero-order valence-electron chi connectivity index (χ0n) is 18.0. The molecule has 1 N–H and O–H groups in total. The summed E-state index contributed by atoms with van der Waals surface area (Å²) in [4.78, 5) is 30.8. The van der Waals surface area contributed by atoms with Crippen molar-refractivity contribution in [1.29, 1.82) is 0 Å². The minimum Gasteiger partial charge on any atom is -0.325 e. The molecule has 0 aliphatic rings. The largest absolute Gasteiger partial charge is 0.325 e. The van der Waals surface area contributed by atoms with Crippen LogP contribution in [0.2, 0.25) is 5.02 Å². The van der Waals surface area contributed by atoms with Gasteiger partial charge in [0.1, 0.15) is 0 Å². The number of anilines is 1. The Morgan fingerprint density at radius 2 is 1.75 bits per heavy atom. The van der Waals surface area contributed by atoms with E-state index in [2.05, 4.69) is 11.4 Å². The van der Waals surface area contributed by atoms with Crippen molar-refractivity contribution in [2.24, 2.45) is 0 Å². The van der Waals surface area contributed by atoms with E-state index in [-0.39, 0.29) is 17.2 Å². The lowest BCUT2D eigenvalue weighted by molar-refractivity contribution is -0.113. The molecule has 0 saturated heterocycles. The van der Waals surface area contributed by atoms with Gasteiger partial charge in [0.05, 0.1) is 22.3 Å². The van der Waals surface area contributed by atoms with Gasteiger partial charge in [-0.3, -0.25) is 14.2 Å². The van der Waals surface area contributed by atoms with Crippen LogP contribution in [-0.4, -0.2) is 21.2 Å². The number of hydrogen-bond acceptors (Lipinski definition) is 4. The number of carbonyl (C=O) groups is 1. The Hall–Kier alpha value is -3.09. The van der Waals surface area contributed by atoms with Crippen LogP contribution in [-0.2, 0) is 4.79 Å². The first-order valence-electron chi connectivity index (χ1n) is 10.1. The highest BCUT2D eigenvalue weighted by Gasteiger charge is 2.16. The van der Waals surface area contributed by atoms with Crippen LogP contribution < -0.4 is 10.9 Å². The fraction of sp³-hybridized carbons (Fsp3) is 0.160. The molecule has 32 heavy (non-hydrogen) atoms. The Kier molecular flexibility index (Phi) is 6.35. The first kappa shape index (κ1) is 22.1. The van der Waals surface area contributed by atoms with Gasteiger partial charge in [0, 0.05) is 10.7 Å². The number of rotatable bonds is 5. The Morgan fingerprint density at radius 3 is 2.50 bits per heavy atom. The first-order valence-corrected chi connectivity index (χ1v) is 11.5. The minimum atomic E-state index is -0.199. The molecule has 0 unspecified atom stereocenters. The van der Waals surface area contributed by atoms with Crippen molar-refractivity contribution >= 4 is 45.9 Å². The van der Waals surface area contributed by atoms with E-state index in [9.17, 15) is 9.59 Å². The van der Waals surface area contributed by atoms with Crippen molar-refractivity contribution < 1.29 is 4.79 Å². The zero-order chi connectivity index (χ0) is 22.8. The van der Waals surface area contributed by atoms with Crippen molar-refractivity contribution in [2.75, 3.05) is 11.1 Å². The van der Waals surface area contributed by atoms with E-state index in [0.717, 1.165) is 22.4 Å². The highest BCUT2D eigenvalue weighted by atomic mass is 35.5. The molecule has 0 aliphatic carbocycles. The molecule has 0 fully saturated rings. The lowest BCUT2D eigenvalue weighted by atomic mass is 10.1. The van der Waals surface area contributed by atoms with Crippen LogP contribution in [0.4, 0.5) is 5.69 Å². The molecular formula is C25H22ClN3O2S. The summed E-state index contributed by atoms with van der Waals surface area (Å²) in [6, 6.07) is 18.6. The van der Waals surface area contributed by atoms with Crippen LogP contribution in [0.1, 0.15) is 16.7 Å². The third-order valence-corrected chi connectivity index (χ3v) is 6.19. The molecule has 7 heteroatoms. The van der Waals surface area contributed by atoms with Crippen LogP contribution in [0.5, 0.6) is 0 Å². The smallest absolute Gasteiger partial charge is 0.266 e. The highest BCUT2D eigenvalue weighted by molar-refractivity contribution is 7.99. The molecule has 0 bridgehead atoms. The number of benzene rings is 3. The molecule has 4 rings (SSSR count). The second kappa shape index (κ2) is 9.18. The fourth-order valence-electron chi connectivity index (χ4n) is 3.56. The van der Waals surface area contributed by atoms with Crippen LogP contribution in [0.15, 0.2) is 70.6 Å². The van der Waals surface area contributed by atoms with Gasteiger partial charge in [-0.1, -0.05) is 47.6 Å². The normalized spacial score (nSPS) is 11.0. The quantitative estimate of drug-likeness (QED) is 0.305. The summed E-state index contributed by atoms with van der Waals surface area (Å²) in [6.07, 6.45) is 0. The second-order valence-corrected chi connectivity index (χ2v) is 9.07. The fourth-order valence-corrected chi connectivity index (χ4v) is 4.55. The second-order valence-electron chi connectivity index (χ2n) is 7.69. The van der Waals surface area contributed by atoms with Gasteiger partial charge in [0.15, 0.2) is 5.16 Å².